The van der Waals surface area contributed by atoms with E-state index in [0.29, 0.717) is 0 Å². The van der Waals surface area contributed by atoms with Crippen LogP contribution in [0.2, 0.25) is 0 Å². The van der Waals surface area contributed by atoms with Gasteiger partial charge in [0.2, 0.25) is 0 Å². The molecule has 0 spiro atoms. The molecule has 0 aromatic heterocycles. The Morgan fingerprint density at radius 3 is 0.688 bits per heavy atom. The van der Waals surface area contributed by atoms with Crippen molar-refractivity contribution < 1.29 is 29.4 Å². The van der Waals surface area contributed by atoms with E-state index >= 15 is 0 Å². The van der Waals surface area contributed by atoms with Crippen LogP contribution in [0.15, 0.2) is 0 Å². The van der Waals surface area contributed by atoms with E-state index in [1.54, 1.807) is 0 Å². The summed E-state index contributed by atoms with van der Waals surface area (Å²) in [6.07, 6.45) is 7.50. The molecule has 0 aliphatic heterocycles. The molecule has 1 saturated carbocycles. The molecule has 96 valence electrons. The molecule has 0 unspecified atom stereocenters. The van der Waals surface area contributed by atoms with Crippen molar-refractivity contribution in [3.05, 3.63) is 0 Å². The molecule has 0 amide bonds. The average molecular weight is 322 g/mol. The van der Waals surface area contributed by atoms with Gasteiger partial charge in [0.05, 0.1) is 0 Å². The molecule has 11 heteroatoms. The summed E-state index contributed by atoms with van der Waals surface area (Å²) in [4.78, 5) is 45.3. The van der Waals surface area contributed by atoms with Crippen molar-refractivity contribution in [1.82, 2.24) is 0 Å². The summed E-state index contributed by atoms with van der Waals surface area (Å²) in [7, 11) is 0. The minimum absolute atomic E-state index is 0. The Hall–Kier alpha value is 2.06. The molecule has 1 rings (SSSR count). The van der Waals surface area contributed by atoms with Crippen LogP contribution in [-0.2, 0) is 23.6 Å². The van der Waals surface area contributed by atoms with Gasteiger partial charge in [-0.15, -0.1) is 0 Å². The second kappa shape index (κ2) is 12.1. The van der Waals surface area contributed by atoms with E-state index in [1.165, 1.54) is 32.1 Å². The van der Waals surface area contributed by atoms with E-state index in [0.717, 1.165) is 0 Å². The Morgan fingerprint density at radius 1 is 0.562 bits per heavy atom. The topological polar surface area (TPSA) is 121 Å². The van der Waals surface area contributed by atoms with Gasteiger partial charge in [-0.05, 0) is 23.6 Å². The second-order valence-electron chi connectivity index (χ2n) is 2.79. The zero-order valence-corrected chi connectivity index (χ0v) is 11.4. The predicted octanol–water partition coefficient (Wildman–Crippen LogP) is -0.322. The van der Waals surface area contributed by atoms with Crippen molar-refractivity contribution in [3.8, 4) is 0 Å². The Kier molecular flexibility index (Phi) is 17.5. The molecule has 0 radical (unpaired) electrons. The number of rotatable bonds is 0. The van der Waals surface area contributed by atoms with Crippen molar-refractivity contribution in [3.63, 3.8) is 0 Å². The van der Waals surface area contributed by atoms with Crippen molar-refractivity contribution in [2.24, 2.45) is 0 Å². The average Bonchev–Trinajstić information content (AvgIpc) is 2.28. The van der Waals surface area contributed by atoms with E-state index in [4.69, 9.17) is 29.4 Å². The van der Waals surface area contributed by atoms with Gasteiger partial charge >= 0.3 is 43.0 Å². The van der Waals surface area contributed by atoms with E-state index in [9.17, 15) is 0 Å². The Bertz CT molecular complexity index is 193. The molecule has 0 aromatic carbocycles. The summed E-state index contributed by atoms with van der Waals surface area (Å²) in [6.45, 7) is -7.61. The fourth-order valence-electron chi connectivity index (χ4n) is 0.884. The molecule has 0 saturated heterocycles. The molecule has 1 aliphatic carbocycles. The maximum absolute atomic E-state index is 7.56. The van der Waals surface area contributed by atoms with E-state index in [1.807, 2.05) is 0 Å². The molecule has 0 aromatic rings. The third kappa shape index (κ3) is 73.1. The molecule has 1 fully saturated rings. The maximum atomic E-state index is 7.56. The van der Waals surface area contributed by atoms with Crippen LogP contribution in [-0.4, -0.2) is 58.9 Å². The summed E-state index contributed by atoms with van der Waals surface area (Å²) in [5.41, 5.74) is 0. The SMILES string of the molecule is C1CCCC1.OP(O)(O)=S.OP(O)(O)=S.[NaH]. The first-order valence-corrected chi connectivity index (χ1v) is 9.39. The van der Waals surface area contributed by atoms with E-state index in [-0.39, 0.29) is 29.6 Å². The summed E-state index contributed by atoms with van der Waals surface area (Å²) in [5.74, 6) is 0. The Morgan fingerprint density at radius 2 is 0.625 bits per heavy atom. The molecule has 16 heavy (non-hydrogen) atoms. The molecule has 6 N–H and O–H groups in total. The molecule has 6 nitrogen and oxygen atoms in total. The predicted molar refractivity (Wildman–Crippen MR) is 72.1 cm³/mol. The standard InChI is InChI=1S/C5H10.Na.2H3O3PS.H/c1-2-4-5-3-1;;2*1-4(2,3)5;/h1-5H2;;2*(H3,1,2,3,5);. The first kappa shape index (κ1) is 23.2. The first-order chi connectivity index (χ1) is 6.50. The summed E-state index contributed by atoms with van der Waals surface area (Å²) >= 11 is 7.21. The zero-order chi connectivity index (χ0) is 12.5. The second-order valence-corrected chi connectivity index (χ2v) is 7.79. The molecule has 1 aliphatic rings. The van der Waals surface area contributed by atoms with Gasteiger partial charge in [0, 0.05) is 0 Å². The monoisotopic (exact) mass is 322 g/mol. The zero-order valence-electron chi connectivity index (χ0n) is 7.93. The van der Waals surface area contributed by atoms with Gasteiger partial charge in [0.1, 0.15) is 0 Å². The van der Waals surface area contributed by atoms with E-state index in [2.05, 4.69) is 23.6 Å². The quantitative estimate of drug-likeness (QED) is 0.265. The van der Waals surface area contributed by atoms with Crippen LogP contribution >= 0.6 is 13.4 Å². The van der Waals surface area contributed by atoms with Crippen molar-refractivity contribution >= 4 is 66.6 Å². The van der Waals surface area contributed by atoms with Gasteiger partial charge in [0.25, 0.3) is 0 Å². The number of hydrogen-bond acceptors (Lipinski definition) is 2. The van der Waals surface area contributed by atoms with Gasteiger partial charge < -0.3 is 29.4 Å². The summed E-state index contributed by atoms with van der Waals surface area (Å²) in [6, 6.07) is 0. The van der Waals surface area contributed by atoms with Crippen LogP contribution in [0, 0.1) is 0 Å². The van der Waals surface area contributed by atoms with Crippen molar-refractivity contribution in [1.29, 1.82) is 0 Å². The van der Waals surface area contributed by atoms with Crippen LogP contribution in [0.4, 0.5) is 0 Å². The van der Waals surface area contributed by atoms with Gasteiger partial charge in [-0.3, -0.25) is 0 Å². The number of hydrogen-bond donors (Lipinski definition) is 6. The fourth-order valence-corrected chi connectivity index (χ4v) is 0.884. The molecule has 0 atom stereocenters. The first-order valence-electron chi connectivity index (χ1n) is 4.07. The third-order valence-corrected chi connectivity index (χ3v) is 1.25. The molecular weight excluding hydrogens is 305 g/mol. The minimum atomic E-state index is -3.81. The molecule has 0 bridgehead atoms. The van der Waals surface area contributed by atoms with Gasteiger partial charge in [0.15, 0.2) is 0 Å². The van der Waals surface area contributed by atoms with E-state index < -0.39 is 13.4 Å². The van der Waals surface area contributed by atoms with Crippen LogP contribution in [0.1, 0.15) is 32.1 Å². The van der Waals surface area contributed by atoms with Crippen LogP contribution < -0.4 is 0 Å². The van der Waals surface area contributed by atoms with Crippen LogP contribution in [0.3, 0.4) is 0 Å². The van der Waals surface area contributed by atoms with Gasteiger partial charge in [-0.2, -0.15) is 0 Å². The Labute approximate surface area is 127 Å². The molecule has 0 heterocycles. The van der Waals surface area contributed by atoms with Crippen LogP contribution in [0.5, 0.6) is 0 Å². The van der Waals surface area contributed by atoms with Crippen molar-refractivity contribution in [2.75, 3.05) is 0 Å². The molecular formula is C5H17NaO6P2S2. The Balaban J connectivity index is -0.000000154. The fraction of sp³-hybridized carbons (Fsp3) is 1.00. The summed E-state index contributed by atoms with van der Waals surface area (Å²) < 4.78 is 0. The van der Waals surface area contributed by atoms with Crippen molar-refractivity contribution in [2.45, 2.75) is 32.1 Å². The van der Waals surface area contributed by atoms with Gasteiger partial charge in [-0.25, -0.2) is 0 Å². The summed E-state index contributed by atoms with van der Waals surface area (Å²) in [5, 5.41) is 0. The normalized spacial score (nSPS) is 14.9. The third-order valence-electron chi connectivity index (χ3n) is 1.25. The van der Waals surface area contributed by atoms with Gasteiger partial charge in [-0.1, -0.05) is 32.1 Å². The van der Waals surface area contributed by atoms with Crippen LogP contribution in [0.25, 0.3) is 0 Å².